The molecule has 0 aromatic carbocycles. The van der Waals surface area contributed by atoms with E-state index >= 15 is 0 Å². The predicted octanol–water partition coefficient (Wildman–Crippen LogP) is 2.29. The third-order valence-electron chi connectivity index (χ3n) is 4.92. The van der Waals surface area contributed by atoms with Crippen molar-refractivity contribution >= 4 is 18.3 Å². The lowest BCUT2D eigenvalue weighted by atomic mass is 9.84. The molecule has 5 atom stereocenters. The molecule has 2 N–H and O–H groups in total. The van der Waals surface area contributed by atoms with Crippen molar-refractivity contribution in [3.8, 4) is 0 Å². The van der Waals surface area contributed by atoms with Crippen molar-refractivity contribution < 1.29 is 4.79 Å². The van der Waals surface area contributed by atoms with Crippen LogP contribution < -0.4 is 5.73 Å². The van der Waals surface area contributed by atoms with E-state index in [0.29, 0.717) is 23.7 Å². The van der Waals surface area contributed by atoms with Gasteiger partial charge in [0.2, 0.25) is 5.91 Å². The van der Waals surface area contributed by atoms with Crippen LogP contribution in [0.15, 0.2) is 0 Å². The molecule has 2 aliphatic rings. The summed E-state index contributed by atoms with van der Waals surface area (Å²) in [5.41, 5.74) is 6.22. The summed E-state index contributed by atoms with van der Waals surface area (Å²) in [6.45, 7) is 5.24. The highest BCUT2D eigenvalue weighted by Crippen LogP contribution is 2.48. The smallest absolute Gasteiger partial charge is 0.227 e. The van der Waals surface area contributed by atoms with Crippen LogP contribution in [-0.2, 0) is 4.79 Å². The van der Waals surface area contributed by atoms with Gasteiger partial charge in [-0.15, -0.1) is 12.4 Å². The number of hydrogen-bond acceptors (Lipinski definition) is 2. The number of halogens is 1. The van der Waals surface area contributed by atoms with Crippen LogP contribution in [0, 0.1) is 23.7 Å². The second kappa shape index (κ2) is 6.25. The SMILES string of the molecule is CCC(C)CN(C)C(=O)C1C2CCC(C2)C1N.Cl. The molecule has 5 unspecified atom stereocenters. The Hall–Kier alpha value is -0.280. The summed E-state index contributed by atoms with van der Waals surface area (Å²) >= 11 is 0. The summed E-state index contributed by atoms with van der Waals surface area (Å²) in [5, 5.41) is 0. The van der Waals surface area contributed by atoms with E-state index in [0.717, 1.165) is 13.0 Å². The maximum Gasteiger partial charge on any atom is 0.227 e. The molecule has 3 nitrogen and oxygen atoms in total. The fourth-order valence-corrected chi connectivity index (χ4v) is 3.64. The Balaban J connectivity index is 0.00000162. The molecule has 0 saturated heterocycles. The highest BCUT2D eigenvalue weighted by molar-refractivity contribution is 5.85. The van der Waals surface area contributed by atoms with E-state index in [1.165, 1.54) is 19.3 Å². The molecule has 0 aliphatic heterocycles. The number of nitrogens with zero attached hydrogens (tertiary/aromatic N) is 1. The standard InChI is InChI=1S/C14H26N2O.ClH/c1-4-9(2)8-16(3)14(17)12-10-5-6-11(7-10)13(12)15;/h9-13H,4-8,15H2,1-3H3;1H. The van der Waals surface area contributed by atoms with E-state index < -0.39 is 0 Å². The summed E-state index contributed by atoms with van der Waals surface area (Å²) in [4.78, 5) is 14.4. The molecule has 2 saturated carbocycles. The predicted molar refractivity (Wildman–Crippen MR) is 76.6 cm³/mol. The Kier molecular flexibility index (Phi) is 5.47. The van der Waals surface area contributed by atoms with Crippen molar-refractivity contribution in [2.45, 2.75) is 45.6 Å². The lowest BCUT2D eigenvalue weighted by Crippen LogP contribution is -2.46. The molecule has 0 heterocycles. The van der Waals surface area contributed by atoms with Crippen molar-refractivity contribution in [1.82, 2.24) is 4.90 Å². The van der Waals surface area contributed by atoms with Gasteiger partial charge in [0.05, 0.1) is 5.92 Å². The van der Waals surface area contributed by atoms with E-state index in [-0.39, 0.29) is 24.4 Å². The van der Waals surface area contributed by atoms with Gasteiger partial charge in [-0.3, -0.25) is 4.79 Å². The molecule has 1 amide bonds. The normalized spacial score (nSPS) is 35.1. The number of hydrogen-bond donors (Lipinski definition) is 1. The monoisotopic (exact) mass is 274 g/mol. The lowest BCUT2D eigenvalue weighted by molar-refractivity contribution is -0.136. The van der Waals surface area contributed by atoms with Gasteiger partial charge in [0, 0.05) is 19.6 Å². The van der Waals surface area contributed by atoms with E-state index in [1.54, 1.807) is 0 Å². The van der Waals surface area contributed by atoms with Crippen LogP contribution in [0.4, 0.5) is 0 Å². The summed E-state index contributed by atoms with van der Waals surface area (Å²) in [5.74, 6) is 2.18. The van der Waals surface area contributed by atoms with Gasteiger partial charge < -0.3 is 10.6 Å². The number of rotatable bonds is 4. The van der Waals surface area contributed by atoms with Crippen LogP contribution in [-0.4, -0.2) is 30.4 Å². The molecule has 2 fully saturated rings. The zero-order chi connectivity index (χ0) is 12.6. The zero-order valence-electron chi connectivity index (χ0n) is 11.8. The van der Waals surface area contributed by atoms with Gasteiger partial charge in [0.15, 0.2) is 0 Å². The van der Waals surface area contributed by atoms with E-state index in [9.17, 15) is 4.79 Å². The molecule has 0 radical (unpaired) electrons. The molecular weight excluding hydrogens is 248 g/mol. The fourth-order valence-electron chi connectivity index (χ4n) is 3.64. The number of carbonyl (C=O) groups excluding carboxylic acids is 1. The van der Waals surface area contributed by atoms with Crippen LogP contribution in [0.25, 0.3) is 0 Å². The Morgan fingerprint density at radius 2 is 2.00 bits per heavy atom. The molecule has 0 aromatic heterocycles. The first-order chi connectivity index (χ1) is 8.04. The molecular formula is C14H27ClN2O. The average Bonchev–Trinajstić information content (AvgIpc) is 2.88. The summed E-state index contributed by atoms with van der Waals surface area (Å²) in [6.07, 6.45) is 4.77. The molecule has 106 valence electrons. The van der Waals surface area contributed by atoms with Crippen LogP contribution >= 0.6 is 12.4 Å². The summed E-state index contributed by atoms with van der Waals surface area (Å²) in [7, 11) is 1.94. The first-order valence-corrected chi connectivity index (χ1v) is 7.05. The largest absolute Gasteiger partial charge is 0.345 e. The van der Waals surface area contributed by atoms with Crippen molar-refractivity contribution in [1.29, 1.82) is 0 Å². The number of amides is 1. The van der Waals surface area contributed by atoms with Crippen molar-refractivity contribution in [3.63, 3.8) is 0 Å². The zero-order valence-corrected chi connectivity index (χ0v) is 12.6. The van der Waals surface area contributed by atoms with Crippen molar-refractivity contribution in [2.24, 2.45) is 29.4 Å². The molecule has 2 bridgehead atoms. The molecule has 4 heteroatoms. The van der Waals surface area contributed by atoms with Crippen LogP contribution in [0.3, 0.4) is 0 Å². The Morgan fingerprint density at radius 3 is 2.50 bits per heavy atom. The van der Waals surface area contributed by atoms with E-state index in [2.05, 4.69) is 13.8 Å². The van der Waals surface area contributed by atoms with E-state index in [1.807, 2.05) is 11.9 Å². The maximum absolute atomic E-state index is 12.4. The first-order valence-electron chi connectivity index (χ1n) is 7.05. The molecule has 2 aliphatic carbocycles. The van der Waals surface area contributed by atoms with Gasteiger partial charge in [0.1, 0.15) is 0 Å². The minimum atomic E-state index is 0. The lowest BCUT2D eigenvalue weighted by Gasteiger charge is -2.31. The average molecular weight is 275 g/mol. The minimum absolute atomic E-state index is 0. The molecule has 0 aromatic rings. The fraction of sp³-hybridized carbons (Fsp3) is 0.929. The Bertz CT molecular complexity index is 296. The van der Waals surface area contributed by atoms with Gasteiger partial charge in [0.25, 0.3) is 0 Å². The highest BCUT2D eigenvalue weighted by Gasteiger charge is 2.49. The third kappa shape index (κ3) is 2.83. The molecule has 18 heavy (non-hydrogen) atoms. The maximum atomic E-state index is 12.4. The minimum Gasteiger partial charge on any atom is -0.345 e. The highest BCUT2D eigenvalue weighted by atomic mass is 35.5. The van der Waals surface area contributed by atoms with Gasteiger partial charge >= 0.3 is 0 Å². The van der Waals surface area contributed by atoms with Crippen molar-refractivity contribution in [3.05, 3.63) is 0 Å². The second-order valence-electron chi connectivity index (χ2n) is 6.17. The van der Waals surface area contributed by atoms with Crippen LogP contribution in [0.2, 0.25) is 0 Å². The van der Waals surface area contributed by atoms with Crippen LogP contribution in [0.5, 0.6) is 0 Å². The third-order valence-corrected chi connectivity index (χ3v) is 4.92. The summed E-state index contributed by atoms with van der Waals surface area (Å²) in [6, 6.07) is 0.126. The van der Waals surface area contributed by atoms with Crippen molar-refractivity contribution in [2.75, 3.05) is 13.6 Å². The molecule has 0 spiro atoms. The first kappa shape index (κ1) is 15.8. The van der Waals surface area contributed by atoms with Crippen LogP contribution in [0.1, 0.15) is 39.5 Å². The van der Waals surface area contributed by atoms with Gasteiger partial charge in [-0.1, -0.05) is 20.3 Å². The number of carbonyl (C=O) groups is 1. The quantitative estimate of drug-likeness (QED) is 0.855. The van der Waals surface area contributed by atoms with Gasteiger partial charge in [-0.05, 0) is 37.0 Å². The van der Waals surface area contributed by atoms with Gasteiger partial charge in [-0.25, -0.2) is 0 Å². The van der Waals surface area contributed by atoms with E-state index in [4.69, 9.17) is 5.73 Å². The molecule has 2 rings (SSSR count). The van der Waals surface area contributed by atoms with Gasteiger partial charge in [-0.2, -0.15) is 0 Å². The number of fused-ring (bicyclic) bond motifs is 2. The summed E-state index contributed by atoms with van der Waals surface area (Å²) < 4.78 is 0. The topological polar surface area (TPSA) is 46.3 Å². The Morgan fingerprint density at radius 1 is 1.39 bits per heavy atom. The number of nitrogens with two attached hydrogens (primary N) is 1. The Labute approximate surface area is 117 Å². The second-order valence-corrected chi connectivity index (χ2v) is 6.17.